The van der Waals surface area contributed by atoms with Crippen molar-refractivity contribution in [1.29, 1.82) is 0 Å². The van der Waals surface area contributed by atoms with Crippen LogP contribution in [0.4, 0.5) is 18.9 Å². The largest absolute Gasteiger partial charge is 0.455 e. The number of halogens is 3. The van der Waals surface area contributed by atoms with Gasteiger partial charge in [0.1, 0.15) is 0 Å². The number of hydrogen-bond donors (Lipinski definition) is 2. The molecule has 2 N–H and O–H groups in total. The Bertz CT molecular complexity index is 1090. The Balaban J connectivity index is 1.52. The van der Waals surface area contributed by atoms with Crippen LogP contribution in [0.5, 0.6) is 0 Å². The van der Waals surface area contributed by atoms with E-state index in [9.17, 15) is 32.3 Å². The maximum absolute atomic E-state index is 13.0. The molecule has 2 aromatic carbocycles. The minimum absolute atomic E-state index is 0.159. The number of esters is 1. The number of nitrogens with zero attached hydrogens (tertiary/aromatic N) is 1. The Hall–Kier alpha value is -3.89. The number of nitrogens with one attached hydrogen (secondary N) is 2. The van der Waals surface area contributed by atoms with Gasteiger partial charge >= 0.3 is 12.1 Å². The van der Waals surface area contributed by atoms with Crippen LogP contribution in [0.1, 0.15) is 27.9 Å². The van der Waals surface area contributed by atoms with Crippen molar-refractivity contribution in [3.05, 3.63) is 65.2 Å². The lowest BCUT2D eigenvalue weighted by Gasteiger charge is -2.18. The molecule has 174 valence electrons. The van der Waals surface area contributed by atoms with E-state index in [0.29, 0.717) is 5.56 Å². The molecule has 1 heterocycles. The monoisotopic (exact) mass is 463 g/mol. The molecule has 1 aliphatic rings. The molecule has 0 aromatic heterocycles. The number of aryl methyl sites for hydroxylation is 1. The number of carbonyl (C=O) groups excluding carboxylic acids is 4. The zero-order valence-electron chi connectivity index (χ0n) is 17.4. The summed E-state index contributed by atoms with van der Waals surface area (Å²) in [6.07, 6.45) is -4.91. The van der Waals surface area contributed by atoms with E-state index >= 15 is 0 Å². The van der Waals surface area contributed by atoms with Crippen LogP contribution < -0.4 is 10.7 Å². The quantitative estimate of drug-likeness (QED) is 0.641. The van der Waals surface area contributed by atoms with Crippen molar-refractivity contribution in [3.63, 3.8) is 0 Å². The number of carbonyl (C=O) groups is 4. The van der Waals surface area contributed by atoms with Crippen LogP contribution in [0.15, 0.2) is 48.5 Å². The third-order valence-corrected chi connectivity index (χ3v) is 4.83. The molecule has 0 saturated carbocycles. The fraction of sp³-hybridized carbons (Fsp3) is 0.273. The molecule has 8 nitrogen and oxygen atoms in total. The van der Waals surface area contributed by atoms with Gasteiger partial charge < -0.3 is 10.1 Å². The fourth-order valence-electron chi connectivity index (χ4n) is 3.23. The van der Waals surface area contributed by atoms with Crippen molar-refractivity contribution in [2.24, 2.45) is 5.92 Å². The van der Waals surface area contributed by atoms with Crippen LogP contribution in [0.2, 0.25) is 0 Å². The third-order valence-electron chi connectivity index (χ3n) is 4.83. The maximum atomic E-state index is 13.0. The summed E-state index contributed by atoms with van der Waals surface area (Å²) >= 11 is 0. The first-order chi connectivity index (χ1) is 15.5. The first kappa shape index (κ1) is 23.8. The molecular formula is C22H20F3N3O5. The lowest BCUT2D eigenvalue weighted by molar-refractivity contribution is -0.151. The molecule has 0 radical (unpaired) electrons. The molecule has 1 aliphatic heterocycles. The van der Waals surface area contributed by atoms with Crippen LogP contribution in [0.25, 0.3) is 0 Å². The molecule has 1 atom stereocenters. The number of hydrogen-bond acceptors (Lipinski definition) is 5. The highest BCUT2D eigenvalue weighted by Gasteiger charge is 2.37. The Kier molecular flexibility index (Phi) is 7.00. The first-order valence-corrected chi connectivity index (χ1v) is 9.85. The molecule has 0 spiro atoms. The molecule has 33 heavy (non-hydrogen) atoms. The number of amides is 3. The predicted octanol–water partition coefficient (Wildman–Crippen LogP) is 2.69. The second-order valence-corrected chi connectivity index (χ2v) is 7.42. The fourth-order valence-corrected chi connectivity index (χ4v) is 3.23. The highest BCUT2D eigenvalue weighted by Crippen LogP contribution is 2.34. The zero-order valence-corrected chi connectivity index (χ0v) is 17.4. The molecule has 3 rings (SSSR count). The van der Waals surface area contributed by atoms with Crippen molar-refractivity contribution in [2.75, 3.05) is 18.5 Å². The molecule has 11 heteroatoms. The molecular weight excluding hydrogens is 443 g/mol. The van der Waals surface area contributed by atoms with Gasteiger partial charge in [0.15, 0.2) is 6.61 Å². The van der Waals surface area contributed by atoms with Crippen molar-refractivity contribution in [1.82, 2.24) is 10.4 Å². The highest BCUT2D eigenvalue weighted by molar-refractivity contribution is 5.97. The van der Waals surface area contributed by atoms with Gasteiger partial charge in [-0.25, -0.2) is 0 Å². The number of rotatable bonds is 6. The summed E-state index contributed by atoms with van der Waals surface area (Å²) in [6.45, 7) is 0.820. The normalized spacial score (nSPS) is 15.8. The number of ether oxygens (including phenoxy) is 1. The van der Waals surface area contributed by atoms with E-state index in [1.807, 2.05) is 13.0 Å². The van der Waals surface area contributed by atoms with E-state index in [0.717, 1.165) is 22.7 Å². The number of anilines is 1. The van der Waals surface area contributed by atoms with Gasteiger partial charge in [0.05, 0.1) is 23.7 Å². The lowest BCUT2D eigenvalue weighted by Crippen LogP contribution is -2.43. The van der Waals surface area contributed by atoms with Gasteiger partial charge in [0, 0.05) is 12.0 Å². The van der Waals surface area contributed by atoms with Crippen LogP contribution >= 0.6 is 0 Å². The van der Waals surface area contributed by atoms with Gasteiger partial charge in [-0.15, -0.1) is 0 Å². The van der Waals surface area contributed by atoms with Gasteiger partial charge in [0.25, 0.3) is 11.8 Å². The number of hydrazine groups is 1. The number of para-hydroxylation sites is 1. The van der Waals surface area contributed by atoms with Crippen LogP contribution in [-0.2, 0) is 25.3 Å². The van der Waals surface area contributed by atoms with Crippen LogP contribution in [0, 0.1) is 12.8 Å². The van der Waals surface area contributed by atoms with E-state index in [1.54, 1.807) is 18.2 Å². The summed E-state index contributed by atoms with van der Waals surface area (Å²) in [5.74, 6) is -3.82. The molecule has 2 aromatic rings. The predicted molar refractivity (Wildman–Crippen MR) is 109 cm³/mol. The summed E-state index contributed by atoms with van der Waals surface area (Å²) in [5, 5.41) is 3.06. The second kappa shape index (κ2) is 9.72. The van der Waals surface area contributed by atoms with Crippen LogP contribution in [-0.4, -0.2) is 41.9 Å². The van der Waals surface area contributed by atoms with Gasteiger partial charge in [-0.1, -0.05) is 29.8 Å². The first-order valence-electron chi connectivity index (χ1n) is 9.85. The molecule has 0 aliphatic carbocycles. The average molecular weight is 463 g/mol. The highest BCUT2D eigenvalue weighted by atomic mass is 19.4. The van der Waals surface area contributed by atoms with Crippen molar-refractivity contribution in [2.45, 2.75) is 19.5 Å². The second-order valence-electron chi connectivity index (χ2n) is 7.42. The smallest absolute Gasteiger partial charge is 0.418 e. The maximum Gasteiger partial charge on any atom is 0.418 e. The van der Waals surface area contributed by atoms with Gasteiger partial charge in [-0.05, 0) is 31.2 Å². The Labute approximate surface area is 186 Å². The summed E-state index contributed by atoms with van der Waals surface area (Å²) in [7, 11) is 0. The molecule has 0 unspecified atom stereocenters. The molecule has 1 fully saturated rings. The number of benzene rings is 2. The van der Waals surface area contributed by atoms with E-state index in [4.69, 9.17) is 4.74 Å². The summed E-state index contributed by atoms with van der Waals surface area (Å²) in [5.41, 5.74) is 2.12. The van der Waals surface area contributed by atoms with Gasteiger partial charge in [-0.2, -0.15) is 13.2 Å². The molecule has 1 saturated heterocycles. The van der Waals surface area contributed by atoms with Gasteiger partial charge in [-0.3, -0.25) is 29.6 Å². The summed E-state index contributed by atoms with van der Waals surface area (Å²) < 4.78 is 43.9. The minimum Gasteiger partial charge on any atom is -0.455 e. The van der Waals surface area contributed by atoms with E-state index in [2.05, 4.69) is 10.7 Å². The average Bonchev–Trinajstić information content (AvgIpc) is 3.12. The topological polar surface area (TPSA) is 105 Å². The molecule has 3 amide bonds. The Morgan fingerprint density at radius 2 is 1.85 bits per heavy atom. The standard InChI is InChI=1S/C22H20F3N3O5/c1-13-5-4-6-14(9-13)20(31)27-28-11-15(10-19(28)30)21(32)33-12-18(29)26-17-8-3-2-7-16(17)22(23,24)25/h2-9,15H,10-12H2,1H3,(H,26,29)(H,27,31)/t15-/m0/s1. The third kappa shape index (κ3) is 6.09. The summed E-state index contributed by atoms with van der Waals surface area (Å²) in [4.78, 5) is 48.7. The van der Waals surface area contributed by atoms with E-state index in [-0.39, 0.29) is 13.0 Å². The van der Waals surface area contributed by atoms with Crippen molar-refractivity contribution < 1.29 is 37.1 Å². The lowest BCUT2D eigenvalue weighted by atomic mass is 10.1. The van der Waals surface area contributed by atoms with Crippen molar-refractivity contribution in [3.8, 4) is 0 Å². The summed E-state index contributed by atoms with van der Waals surface area (Å²) in [6, 6.07) is 11.1. The van der Waals surface area contributed by atoms with Crippen LogP contribution in [0.3, 0.4) is 0 Å². The van der Waals surface area contributed by atoms with E-state index < -0.39 is 53.6 Å². The SMILES string of the molecule is Cc1cccc(C(=O)NN2C[C@@H](C(=O)OCC(=O)Nc3ccccc3C(F)(F)F)CC2=O)c1. The Morgan fingerprint density at radius 1 is 1.12 bits per heavy atom. The van der Waals surface area contributed by atoms with E-state index in [1.165, 1.54) is 12.1 Å². The minimum atomic E-state index is -4.67. The van der Waals surface area contributed by atoms with Gasteiger partial charge in [0.2, 0.25) is 5.91 Å². The Morgan fingerprint density at radius 3 is 2.55 bits per heavy atom. The number of alkyl halides is 3. The van der Waals surface area contributed by atoms with Crippen molar-refractivity contribution >= 4 is 29.4 Å². The zero-order chi connectivity index (χ0) is 24.2. The molecule has 0 bridgehead atoms.